The minimum Gasteiger partial charge on any atom is -0.393 e. The highest BCUT2D eigenvalue weighted by Gasteiger charge is 2.13. The first-order valence-electron chi connectivity index (χ1n) is 5.87. The highest BCUT2D eigenvalue weighted by atomic mass is 35.5. The van der Waals surface area contributed by atoms with Crippen molar-refractivity contribution in [3.63, 3.8) is 0 Å². The van der Waals surface area contributed by atoms with Crippen LogP contribution >= 0.6 is 11.6 Å². The van der Waals surface area contributed by atoms with E-state index in [9.17, 15) is 4.79 Å². The molecule has 0 aromatic carbocycles. The lowest BCUT2D eigenvalue weighted by atomic mass is 10.2. The van der Waals surface area contributed by atoms with Crippen molar-refractivity contribution < 1.29 is 0 Å². The fourth-order valence-electron chi connectivity index (χ4n) is 2.00. The highest BCUT2D eigenvalue weighted by Crippen LogP contribution is 2.13. The fourth-order valence-corrected chi connectivity index (χ4v) is 2.11. The Kier molecular flexibility index (Phi) is 2.90. The van der Waals surface area contributed by atoms with E-state index < -0.39 is 0 Å². The van der Waals surface area contributed by atoms with Crippen LogP contribution in [0.25, 0.3) is 5.78 Å². The first-order valence-corrected chi connectivity index (χ1v) is 6.25. The summed E-state index contributed by atoms with van der Waals surface area (Å²) >= 11 is 5.76. The van der Waals surface area contributed by atoms with Gasteiger partial charge in [-0.05, 0) is 18.6 Å². The van der Waals surface area contributed by atoms with Crippen molar-refractivity contribution in [2.24, 2.45) is 0 Å². The van der Waals surface area contributed by atoms with Gasteiger partial charge in [0.05, 0.1) is 6.54 Å². The van der Waals surface area contributed by atoms with E-state index in [4.69, 9.17) is 17.3 Å². The number of anilines is 1. The van der Waals surface area contributed by atoms with Crippen molar-refractivity contribution >= 4 is 23.1 Å². The lowest BCUT2D eigenvalue weighted by Crippen LogP contribution is -2.25. The van der Waals surface area contributed by atoms with E-state index in [-0.39, 0.29) is 11.2 Å². The van der Waals surface area contributed by atoms with Gasteiger partial charge in [-0.25, -0.2) is 4.98 Å². The molecule has 0 amide bonds. The number of halogens is 1. The molecule has 0 radical (unpaired) electrons. The lowest BCUT2D eigenvalue weighted by Gasteiger charge is -2.13. The molecule has 0 aliphatic heterocycles. The first-order chi connectivity index (χ1) is 9.58. The third kappa shape index (κ3) is 1.92. The summed E-state index contributed by atoms with van der Waals surface area (Å²) in [5.74, 6) is 0.441. The van der Waals surface area contributed by atoms with E-state index in [1.54, 1.807) is 19.2 Å². The largest absolute Gasteiger partial charge is 0.393 e. The zero-order valence-electron chi connectivity index (χ0n) is 10.6. The second kappa shape index (κ2) is 4.61. The van der Waals surface area contributed by atoms with Crippen LogP contribution in [0.4, 0.5) is 5.69 Å². The summed E-state index contributed by atoms with van der Waals surface area (Å²) in [5.41, 5.74) is 7.19. The normalized spacial score (nSPS) is 11.1. The molecular formula is C12H11ClN6O. The number of nitrogen functional groups attached to an aromatic ring is 1. The van der Waals surface area contributed by atoms with Crippen LogP contribution in [0.3, 0.4) is 0 Å². The Morgan fingerprint density at radius 2 is 2.15 bits per heavy atom. The van der Waals surface area contributed by atoms with E-state index in [1.165, 1.54) is 10.8 Å². The molecule has 0 spiro atoms. The van der Waals surface area contributed by atoms with Crippen molar-refractivity contribution in [1.82, 2.24) is 24.1 Å². The van der Waals surface area contributed by atoms with Gasteiger partial charge >= 0.3 is 0 Å². The van der Waals surface area contributed by atoms with E-state index in [2.05, 4.69) is 15.1 Å². The molecule has 0 saturated carbocycles. The summed E-state index contributed by atoms with van der Waals surface area (Å²) in [5, 5.41) is 4.32. The van der Waals surface area contributed by atoms with E-state index >= 15 is 0 Å². The van der Waals surface area contributed by atoms with Crippen LogP contribution in [0, 0.1) is 6.92 Å². The van der Waals surface area contributed by atoms with Crippen molar-refractivity contribution in [1.29, 1.82) is 0 Å². The van der Waals surface area contributed by atoms with Crippen molar-refractivity contribution in [2.75, 3.05) is 5.73 Å². The Hall–Kier alpha value is -2.41. The zero-order valence-corrected chi connectivity index (χ0v) is 11.4. The van der Waals surface area contributed by atoms with E-state index in [0.717, 1.165) is 5.56 Å². The molecule has 3 heterocycles. The number of aromatic nitrogens is 5. The van der Waals surface area contributed by atoms with Crippen molar-refractivity contribution in [3.05, 3.63) is 51.4 Å². The molecule has 3 aromatic heterocycles. The molecule has 8 heteroatoms. The molecule has 2 N–H and O–H groups in total. The first kappa shape index (κ1) is 12.6. The Balaban J connectivity index is 2.18. The molecule has 20 heavy (non-hydrogen) atoms. The molecule has 7 nitrogen and oxygen atoms in total. The quantitative estimate of drug-likeness (QED) is 0.707. The van der Waals surface area contributed by atoms with Crippen LogP contribution in [0.2, 0.25) is 5.15 Å². The van der Waals surface area contributed by atoms with Gasteiger partial charge in [0.15, 0.2) is 0 Å². The predicted molar refractivity (Wildman–Crippen MR) is 74.7 cm³/mol. The predicted octanol–water partition coefficient (Wildman–Crippen LogP) is 0.878. The van der Waals surface area contributed by atoms with Gasteiger partial charge in [0, 0.05) is 11.9 Å². The summed E-state index contributed by atoms with van der Waals surface area (Å²) in [6.45, 7) is 2.25. The number of hydrogen-bond acceptors (Lipinski definition) is 5. The van der Waals surface area contributed by atoms with Crippen LogP contribution in [0.15, 0.2) is 29.5 Å². The Labute approximate surface area is 118 Å². The fraction of sp³-hybridized carbons (Fsp3) is 0.167. The molecule has 0 bridgehead atoms. The zero-order chi connectivity index (χ0) is 14.3. The number of fused-ring (bicyclic) bond motifs is 1. The molecule has 0 fully saturated rings. The van der Waals surface area contributed by atoms with Crippen LogP contribution in [0.5, 0.6) is 0 Å². The molecule has 0 aliphatic carbocycles. The maximum Gasteiger partial charge on any atom is 0.299 e. The lowest BCUT2D eigenvalue weighted by molar-refractivity contribution is 0.733. The number of pyridine rings is 1. The molecule has 0 saturated heterocycles. The molecule has 3 rings (SSSR count). The molecule has 0 unspecified atom stereocenters. The summed E-state index contributed by atoms with van der Waals surface area (Å²) in [7, 11) is 0. The van der Waals surface area contributed by atoms with E-state index in [0.29, 0.717) is 23.2 Å². The van der Waals surface area contributed by atoms with Gasteiger partial charge in [0.25, 0.3) is 5.56 Å². The van der Waals surface area contributed by atoms with Gasteiger partial charge in [-0.15, -0.1) is 0 Å². The summed E-state index contributed by atoms with van der Waals surface area (Å²) in [4.78, 5) is 20.1. The number of hydrogen-bond donors (Lipinski definition) is 1. The maximum atomic E-state index is 12.0. The second-order valence-electron chi connectivity index (χ2n) is 4.35. The number of rotatable bonds is 2. The minimum atomic E-state index is -0.361. The Morgan fingerprint density at radius 3 is 2.85 bits per heavy atom. The smallest absolute Gasteiger partial charge is 0.299 e. The summed E-state index contributed by atoms with van der Waals surface area (Å²) < 4.78 is 3.00. The molecule has 0 atom stereocenters. The average Bonchev–Trinajstić information content (AvgIpc) is 2.92. The Bertz CT molecular complexity index is 836. The molecule has 102 valence electrons. The van der Waals surface area contributed by atoms with Gasteiger partial charge in [-0.3, -0.25) is 4.79 Å². The summed E-state index contributed by atoms with van der Waals surface area (Å²) in [6.07, 6.45) is 3.00. The van der Waals surface area contributed by atoms with E-state index in [1.807, 2.05) is 10.6 Å². The monoisotopic (exact) mass is 290 g/mol. The van der Waals surface area contributed by atoms with Crippen molar-refractivity contribution in [2.45, 2.75) is 13.5 Å². The molecular weight excluding hydrogens is 280 g/mol. The van der Waals surface area contributed by atoms with Gasteiger partial charge in [0.2, 0.25) is 5.78 Å². The van der Waals surface area contributed by atoms with Crippen molar-refractivity contribution in [3.8, 4) is 0 Å². The van der Waals surface area contributed by atoms with Crippen LogP contribution < -0.4 is 11.3 Å². The number of nitrogens with zero attached hydrogens (tertiary/aromatic N) is 5. The van der Waals surface area contributed by atoms with Crippen LogP contribution in [-0.4, -0.2) is 24.1 Å². The number of nitrogens with two attached hydrogens (primary N) is 1. The topological polar surface area (TPSA) is 91.1 Å². The SMILES string of the molecule is Cc1c(N)c(=O)n2ncnc2n1Cc1ccc(Cl)nc1. The maximum absolute atomic E-state index is 12.0. The second-order valence-corrected chi connectivity index (χ2v) is 4.74. The van der Waals surface area contributed by atoms with Gasteiger partial charge in [-0.2, -0.15) is 14.6 Å². The van der Waals surface area contributed by atoms with Crippen LogP contribution in [-0.2, 0) is 6.54 Å². The third-order valence-electron chi connectivity index (χ3n) is 3.12. The van der Waals surface area contributed by atoms with Gasteiger partial charge < -0.3 is 10.3 Å². The Morgan fingerprint density at radius 1 is 1.35 bits per heavy atom. The molecule has 0 aliphatic rings. The van der Waals surface area contributed by atoms with Gasteiger partial charge in [-0.1, -0.05) is 17.7 Å². The average molecular weight is 291 g/mol. The van der Waals surface area contributed by atoms with Crippen LogP contribution in [0.1, 0.15) is 11.3 Å². The third-order valence-corrected chi connectivity index (χ3v) is 3.34. The molecule has 3 aromatic rings. The standard InChI is InChI=1S/C12H11ClN6O/c1-7-10(14)11(20)19-12(16-6-17-19)18(7)5-8-2-3-9(13)15-4-8/h2-4,6H,5,14H2,1H3. The minimum absolute atomic E-state index is 0.157. The van der Waals surface area contributed by atoms with Gasteiger partial charge in [0.1, 0.15) is 17.2 Å². The highest BCUT2D eigenvalue weighted by molar-refractivity contribution is 6.29. The summed E-state index contributed by atoms with van der Waals surface area (Å²) in [6, 6.07) is 3.56.